The molecule has 0 bridgehead atoms. The van der Waals surface area contributed by atoms with Crippen LogP contribution in [0.3, 0.4) is 0 Å². The molecule has 2 N–H and O–H groups in total. The van der Waals surface area contributed by atoms with Crippen molar-refractivity contribution in [2.45, 2.75) is 25.3 Å². The van der Waals surface area contributed by atoms with Crippen LogP contribution in [0.4, 0.5) is 0 Å². The van der Waals surface area contributed by atoms with Gasteiger partial charge >= 0.3 is 13.6 Å². The normalized spacial score (nSPS) is 15.3. The van der Waals surface area contributed by atoms with E-state index in [2.05, 4.69) is 4.74 Å². The van der Waals surface area contributed by atoms with E-state index in [9.17, 15) is 14.2 Å². The fourth-order valence-corrected chi connectivity index (χ4v) is 3.40. The van der Waals surface area contributed by atoms with Crippen LogP contribution in [-0.4, -0.2) is 33.0 Å². The van der Waals surface area contributed by atoms with Crippen molar-refractivity contribution in [1.29, 1.82) is 0 Å². The predicted octanol–water partition coefficient (Wildman–Crippen LogP) is 0.969. The van der Waals surface area contributed by atoms with Crippen LogP contribution in [0.5, 0.6) is 0 Å². The summed E-state index contributed by atoms with van der Waals surface area (Å²) in [6, 6.07) is 0. The molecule has 0 aliphatic heterocycles. The van der Waals surface area contributed by atoms with Gasteiger partial charge < -0.3 is 14.5 Å². The van der Waals surface area contributed by atoms with Gasteiger partial charge in [0.05, 0.1) is 13.0 Å². The van der Waals surface area contributed by atoms with Crippen molar-refractivity contribution in [3.8, 4) is 0 Å². The van der Waals surface area contributed by atoms with Crippen LogP contribution >= 0.6 is 19.4 Å². The molecule has 8 heteroatoms. The first-order chi connectivity index (χ1) is 7.18. The van der Waals surface area contributed by atoms with Crippen molar-refractivity contribution in [1.82, 2.24) is 0 Å². The van der Waals surface area contributed by atoms with Crippen molar-refractivity contribution in [3.05, 3.63) is 0 Å². The highest BCUT2D eigenvalue weighted by atomic mass is 32.2. The number of rotatable bonds is 5. The van der Waals surface area contributed by atoms with Gasteiger partial charge in [-0.15, -0.1) is 0 Å². The first kappa shape index (κ1) is 15.6. The predicted molar refractivity (Wildman–Crippen MR) is 59.9 cm³/mol. The Labute approximate surface area is 97.9 Å². The number of thioether (sulfide) groups is 1. The lowest BCUT2D eigenvalue weighted by molar-refractivity contribution is -0.144. The van der Waals surface area contributed by atoms with Crippen LogP contribution in [0.1, 0.15) is 20.3 Å². The number of hydrogen-bond donors (Lipinski definition) is 2. The van der Waals surface area contributed by atoms with E-state index in [0.717, 1.165) is 0 Å². The molecule has 0 aromatic heterocycles. The summed E-state index contributed by atoms with van der Waals surface area (Å²) in [5.41, 5.74) is 0. The largest absolute Gasteiger partial charge is 0.469 e. The van der Waals surface area contributed by atoms with E-state index in [4.69, 9.17) is 9.79 Å². The molecule has 2 unspecified atom stereocenters. The minimum absolute atomic E-state index is 0.0960. The molecule has 0 fully saturated rings. The Balaban J connectivity index is 4.62. The van der Waals surface area contributed by atoms with Crippen molar-refractivity contribution < 1.29 is 28.7 Å². The summed E-state index contributed by atoms with van der Waals surface area (Å²) in [5.74, 6) is -1.21. The van der Waals surface area contributed by atoms with Crippen molar-refractivity contribution in [2.24, 2.45) is 5.92 Å². The maximum absolute atomic E-state index is 11.1. The smallest absolute Gasteiger partial charge is 0.338 e. The van der Waals surface area contributed by atoms with Gasteiger partial charge in [-0.3, -0.25) is 14.2 Å². The van der Waals surface area contributed by atoms with Crippen LogP contribution in [0, 0.1) is 5.92 Å². The van der Waals surface area contributed by atoms with E-state index in [1.165, 1.54) is 21.0 Å². The van der Waals surface area contributed by atoms with E-state index in [1.54, 1.807) is 0 Å². The number of ether oxygens (including phenoxy) is 1. The minimum atomic E-state index is -4.40. The Bertz CT molecular complexity index is 312. The number of carbonyl (C=O) groups excluding carboxylic acids is 2. The van der Waals surface area contributed by atoms with Gasteiger partial charge in [0.15, 0.2) is 5.12 Å². The van der Waals surface area contributed by atoms with E-state index >= 15 is 0 Å². The molecule has 2 atom stereocenters. The SMILES string of the molecule is COC(=O)C(C)CC(SC(C)=O)P(=O)(O)O. The number of esters is 1. The molecule has 0 aliphatic rings. The average Bonchev–Trinajstić information content (AvgIpc) is 2.13. The Morgan fingerprint density at radius 2 is 1.94 bits per heavy atom. The maximum atomic E-state index is 11.1. The number of carbonyl (C=O) groups is 2. The first-order valence-electron chi connectivity index (χ1n) is 4.48. The molecule has 0 spiro atoms. The van der Waals surface area contributed by atoms with E-state index in [-0.39, 0.29) is 6.42 Å². The Morgan fingerprint density at radius 3 is 2.25 bits per heavy atom. The summed E-state index contributed by atoms with van der Waals surface area (Å²) in [7, 11) is -3.20. The van der Waals surface area contributed by atoms with E-state index in [1.807, 2.05) is 0 Å². The topological polar surface area (TPSA) is 101 Å². The van der Waals surface area contributed by atoms with E-state index < -0.39 is 29.6 Å². The highest BCUT2D eigenvalue weighted by Crippen LogP contribution is 2.50. The third kappa shape index (κ3) is 5.65. The zero-order valence-corrected chi connectivity index (χ0v) is 11.0. The monoisotopic (exact) mass is 270 g/mol. The number of hydrogen-bond acceptors (Lipinski definition) is 5. The second kappa shape index (κ2) is 6.39. The van der Waals surface area contributed by atoms with Crippen LogP contribution in [0.15, 0.2) is 0 Å². The van der Waals surface area contributed by atoms with Crippen molar-refractivity contribution in [2.75, 3.05) is 7.11 Å². The molecule has 0 heterocycles. The lowest BCUT2D eigenvalue weighted by atomic mass is 10.1. The van der Waals surface area contributed by atoms with Gasteiger partial charge in [-0.2, -0.15) is 0 Å². The van der Waals surface area contributed by atoms with Gasteiger partial charge in [0.1, 0.15) is 4.99 Å². The average molecular weight is 270 g/mol. The maximum Gasteiger partial charge on any atom is 0.338 e. The van der Waals surface area contributed by atoms with Crippen molar-refractivity contribution in [3.63, 3.8) is 0 Å². The molecule has 94 valence electrons. The fraction of sp³-hybridized carbons (Fsp3) is 0.750. The number of methoxy groups -OCH3 is 1. The first-order valence-corrected chi connectivity index (χ1v) is 7.04. The van der Waals surface area contributed by atoms with Gasteiger partial charge in [-0.25, -0.2) is 0 Å². The zero-order valence-electron chi connectivity index (χ0n) is 9.24. The summed E-state index contributed by atoms with van der Waals surface area (Å²) in [4.78, 5) is 38.8. The standard InChI is InChI=1S/C8H15O6PS/c1-5(8(10)14-3)4-7(15(11,12)13)16-6(2)9/h5,7H,4H2,1-3H3,(H2,11,12,13). The van der Waals surface area contributed by atoms with Gasteiger partial charge in [0.2, 0.25) is 0 Å². The fourth-order valence-electron chi connectivity index (χ4n) is 1.05. The molecule has 0 saturated carbocycles. The summed E-state index contributed by atoms with van der Waals surface area (Å²) < 4.78 is 15.5. The molecule has 6 nitrogen and oxygen atoms in total. The van der Waals surface area contributed by atoms with Gasteiger partial charge in [0, 0.05) is 6.92 Å². The van der Waals surface area contributed by atoms with Crippen LogP contribution < -0.4 is 0 Å². The Morgan fingerprint density at radius 1 is 1.44 bits per heavy atom. The highest BCUT2D eigenvalue weighted by molar-refractivity contribution is 8.17. The third-order valence-electron chi connectivity index (χ3n) is 1.84. The van der Waals surface area contributed by atoms with Gasteiger partial charge in [-0.1, -0.05) is 18.7 Å². The highest BCUT2D eigenvalue weighted by Gasteiger charge is 2.34. The molecular formula is C8H15O6PS. The lowest BCUT2D eigenvalue weighted by Crippen LogP contribution is -2.19. The second-order valence-corrected chi connectivity index (χ2v) is 6.84. The Hall–Kier alpha value is -0.360. The summed E-state index contributed by atoms with van der Waals surface area (Å²) in [6.45, 7) is 2.71. The van der Waals surface area contributed by atoms with Crippen molar-refractivity contribution >= 4 is 30.4 Å². The molecular weight excluding hydrogens is 255 g/mol. The zero-order chi connectivity index (χ0) is 12.9. The molecule has 0 radical (unpaired) electrons. The molecule has 0 aliphatic carbocycles. The quantitative estimate of drug-likeness (QED) is 0.567. The summed E-state index contributed by atoms with van der Waals surface area (Å²) >= 11 is 0.553. The molecule has 0 aromatic rings. The molecule has 16 heavy (non-hydrogen) atoms. The molecule has 0 aromatic carbocycles. The lowest BCUT2D eigenvalue weighted by Gasteiger charge is -2.19. The van der Waals surface area contributed by atoms with E-state index in [0.29, 0.717) is 11.8 Å². The molecule has 0 saturated heterocycles. The summed E-state index contributed by atoms with van der Waals surface area (Å²) in [6.07, 6.45) is -0.0960. The van der Waals surface area contributed by atoms with Gasteiger partial charge in [0.25, 0.3) is 0 Å². The Kier molecular flexibility index (Phi) is 6.25. The minimum Gasteiger partial charge on any atom is -0.469 e. The van der Waals surface area contributed by atoms with Crippen LogP contribution in [0.2, 0.25) is 0 Å². The second-order valence-electron chi connectivity index (χ2n) is 3.31. The molecule has 0 amide bonds. The molecule has 0 rings (SSSR count). The van der Waals surface area contributed by atoms with Gasteiger partial charge in [-0.05, 0) is 6.42 Å². The van der Waals surface area contributed by atoms with Crippen LogP contribution in [-0.2, 0) is 18.9 Å². The third-order valence-corrected chi connectivity index (χ3v) is 4.73. The van der Waals surface area contributed by atoms with Crippen LogP contribution in [0.25, 0.3) is 0 Å². The summed E-state index contributed by atoms with van der Waals surface area (Å²) in [5, 5.41) is -0.398.